The Bertz CT molecular complexity index is 1000. The van der Waals surface area contributed by atoms with Crippen LogP contribution in [0.3, 0.4) is 0 Å². The molecule has 0 aliphatic rings. The number of phosphoric acid groups is 1. The Hall–Kier alpha value is -1.54. The second-order valence-electron chi connectivity index (χ2n) is 15.2. The minimum atomic E-state index is -4.32. The molecule has 0 rings (SSSR count). The van der Waals surface area contributed by atoms with Gasteiger partial charge in [-0.1, -0.05) is 197 Å². The molecule has 0 aromatic rings. The molecule has 55 heavy (non-hydrogen) atoms. The number of nitrogens with two attached hydrogens (primary N) is 1. The van der Waals surface area contributed by atoms with Crippen LogP contribution in [0.4, 0.5) is 0 Å². The number of amides is 1. The van der Waals surface area contributed by atoms with Crippen molar-refractivity contribution in [2.24, 2.45) is 5.73 Å². The molecule has 3 atom stereocenters. The summed E-state index contributed by atoms with van der Waals surface area (Å²) in [6, 6.07) is -0.783. The maximum atomic E-state index is 12.8. The van der Waals surface area contributed by atoms with Crippen molar-refractivity contribution in [3.8, 4) is 0 Å². The molecule has 0 aliphatic carbocycles. The Morgan fingerprint density at radius 2 is 1.05 bits per heavy atom. The number of aliphatic hydroxyl groups is 1. The van der Waals surface area contributed by atoms with E-state index in [0.717, 1.165) is 77.0 Å². The van der Waals surface area contributed by atoms with E-state index in [0.29, 0.717) is 12.8 Å². The zero-order valence-corrected chi connectivity index (χ0v) is 36.6. The predicted molar refractivity (Wildman–Crippen MR) is 235 cm³/mol. The standard InChI is InChI=1S/C46H87N2O6P/c1-3-5-7-9-11-13-15-17-19-21-22-24-26-28-30-32-34-36-38-40-46(50)48-44(43-54-55(51,52)53-42-41-47)45(49)39-37-35-33-31-29-27-25-23-20-18-16-14-12-10-8-6-4-2/h5,7,11,13,17,19,22,24,44-45,49H,3-4,6,8-10,12,14-16,18,20-21,23,25-43,47H2,1-2H3,(H,48,50)(H,51,52)/b7-5-,13-11-,19-17-,24-22-. The fraction of sp³-hybridized carbons (Fsp3) is 0.804. The summed E-state index contributed by atoms with van der Waals surface area (Å²) in [5.74, 6) is -0.176. The summed E-state index contributed by atoms with van der Waals surface area (Å²) in [5, 5.41) is 13.8. The maximum absolute atomic E-state index is 12.8. The molecule has 3 unspecified atom stereocenters. The van der Waals surface area contributed by atoms with Crippen molar-refractivity contribution in [3.05, 3.63) is 48.6 Å². The lowest BCUT2D eigenvalue weighted by Crippen LogP contribution is -2.46. The second kappa shape index (κ2) is 42.1. The topological polar surface area (TPSA) is 131 Å². The van der Waals surface area contributed by atoms with E-state index in [1.54, 1.807) is 0 Å². The maximum Gasteiger partial charge on any atom is 0.472 e. The van der Waals surface area contributed by atoms with E-state index in [-0.39, 0.29) is 25.7 Å². The number of nitrogens with one attached hydrogen (secondary N) is 1. The smallest absolute Gasteiger partial charge is 0.391 e. The number of hydrogen-bond donors (Lipinski definition) is 4. The van der Waals surface area contributed by atoms with Crippen molar-refractivity contribution < 1.29 is 28.4 Å². The summed E-state index contributed by atoms with van der Waals surface area (Å²) < 4.78 is 22.2. The highest BCUT2D eigenvalue weighted by Gasteiger charge is 2.27. The first-order chi connectivity index (χ1) is 26.9. The van der Waals surface area contributed by atoms with Crippen LogP contribution in [0.2, 0.25) is 0 Å². The lowest BCUT2D eigenvalue weighted by molar-refractivity contribution is -0.123. The van der Waals surface area contributed by atoms with Gasteiger partial charge in [0.1, 0.15) is 0 Å². The quantitative estimate of drug-likeness (QED) is 0.0275. The van der Waals surface area contributed by atoms with E-state index in [9.17, 15) is 19.4 Å². The first-order valence-electron chi connectivity index (χ1n) is 22.8. The van der Waals surface area contributed by atoms with Gasteiger partial charge in [0.25, 0.3) is 0 Å². The fourth-order valence-electron chi connectivity index (χ4n) is 6.54. The summed E-state index contributed by atoms with van der Waals surface area (Å²) in [6.45, 7) is 4.09. The summed E-state index contributed by atoms with van der Waals surface area (Å²) in [4.78, 5) is 22.8. The highest BCUT2D eigenvalue weighted by molar-refractivity contribution is 7.47. The fourth-order valence-corrected chi connectivity index (χ4v) is 7.30. The van der Waals surface area contributed by atoms with E-state index < -0.39 is 20.0 Å². The van der Waals surface area contributed by atoms with E-state index in [2.05, 4.69) is 67.8 Å². The van der Waals surface area contributed by atoms with Gasteiger partial charge in [-0.3, -0.25) is 13.8 Å². The summed E-state index contributed by atoms with van der Waals surface area (Å²) in [6.07, 6.45) is 51.2. The highest BCUT2D eigenvalue weighted by atomic mass is 31.2. The van der Waals surface area contributed by atoms with E-state index in [1.165, 1.54) is 103 Å². The Kier molecular flexibility index (Phi) is 40.9. The van der Waals surface area contributed by atoms with Crippen LogP contribution in [0.5, 0.6) is 0 Å². The number of allylic oxidation sites excluding steroid dienone is 8. The third-order valence-corrected chi connectivity index (χ3v) is 10.9. The van der Waals surface area contributed by atoms with E-state index >= 15 is 0 Å². The average Bonchev–Trinajstić information content (AvgIpc) is 3.17. The summed E-state index contributed by atoms with van der Waals surface area (Å²) in [7, 11) is -4.32. The van der Waals surface area contributed by atoms with Crippen LogP contribution in [-0.2, 0) is 18.4 Å². The SMILES string of the molecule is CC/C=C\C/C=C\C/C=C\C/C=C\CCCCCCCCC(=O)NC(COP(=O)(O)OCCN)C(O)CCCCCCCCCCCCCCCCCCC. The normalized spacial score (nSPS) is 14.5. The minimum Gasteiger partial charge on any atom is -0.391 e. The zero-order chi connectivity index (χ0) is 40.3. The first-order valence-corrected chi connectivity index (χ1v) is 24.2. The number of hydrogen-bond acceptors (Lipinski definition) is 6. The Morgan fingerprint density at radius 1 is 0.618 bits per heavy atom. The Morgan fingerprint density at radius 3 is 1.55 bits per heavy atom. The van der Waals surface area contributed by atoms with Gasteiger partial charge in [-0.15, -0.1) is 0 Å². The molecule has 322 valence electrons. The molecule has 0 bridgehead atoms. The van der Waals surface area contributed by atoms with Crippen LogP contribution in [0.25, 0.3) is 0 Å². The molecule has 1 amide bonds. The third-order valence-electron chi connectivity index (χ3n) is 9.95. The number of phosphoric ester groups is 1. The molecular formula is C46H87N2O6P. The molecule has 0 radical (unpaired) electrons. The van der Waals surface area contributed by atoms with Gasteiger partial charge in [0.2, 0.25) is 5.91 Å². The van der Waals surface area contributed by atoms with Crippen molar-refractivity contribution in [1.82, 2.24) is 5.32 Å². The summed E-state index contributed by atoms with van der Waals surface area (Å²) in [5.41, 5.74) is 5.38. The number of aliphatic hydroxyl groups excluding tert-OH is 1. The van der Waals surface area contributed by atoms with Crippen LogP contribution in [0.1, 0.15) is 206 Å². The third kappa shape index (κ3) is 40.5. The van der Waals surface area contributed by atoms with Crippen molar-refractivity contribution in [2.45, 2.75) is 219 Å². The van der Waals surface area contributed by atoms with Crippen molar-refractivity contribution in [1.29, 1.82) is 0 Å². The Balaban J connectivity index is 4.17. The number of rotatable bonds is 42. The van der Waals surface area contributed by atoms with E-state index in [4.69, 9.17) is 14.8 Å². The van der Waals surface area contributed by atoms with Gasteiger partial charge < -0.3 is 21.1 Å². The second-order valence-corrected chi connectivity index (χ2v) is 16.7. The molecule has 5 N–H and O–H groups in total. The molecule has 0 heterocycles. The van der Waals surface area contributed by atoms with Gasteiger partial charge in [-0.25, -0.2) is 4.57 Å². The lowest BCUT2D eigenvalue weighted by Gasteiger charge is -2.25. The number of unbranched alkanes of at least 4 members (excludes halogenated alkanes) is 22. The van der Waals surface area contributed by atoms with Crippen LogP contribution in [0.15, 0.2) is 48.6 Å². The molecule has 0 fully saturated rings. The molecule has 8 nitrogen and oxygen atoms in total. The average molecular weight is 795 g/mol. The van der Waals surface area contributed by atoms with Gasteiger partial charge in [0.15, 0.2) is 0 Å². The number of carbonyl (C=O) groups excluding carboxylic acids is 1. The van der Waals surface area contributed by atoms with Crippen molar-refractivity contribution in [2.75, 3.05) is 19.8 Å². The van der Waals surface area contributed by atoms with Gasteiger partial charge in [0.05, 0.1) is 25.4 Å². The lowest BCUT2D eigenvalue weighted by atomic mass is 10.0. The van der Waals surface area contributed by atoms with Crippen LogP contribution in [-0.4, -0.2) is 47.8 Å². The van der Waals surface area contributed by atoms with E-state index in [1.807, 2.05) is 0 Å². The zero-order valence-electron chi connectivity index (χ0n) is 35.7. The van der Waals surface area contributed by atoms with Crippen LogP contribution >= 0.6 is 7.82 Å². The largest absolute Gasteiger partial charge is 0.472 e. The summed E-state index contributed by atoms with van der Waals surface area (Å²) >= 11 is 0. The molecule has 0 aromatic heterocycles. The molecule has 0 spiro atoms. The van der Waals surface area contributed by atoms with Crippen molar-refractivity contribution >= 4 is 13.7 Å². The molecule has 0 aromatic carbocycles. The van der Waals surface area contributed by atoms with Crippen LogP contribution < -0.4 is 11.1 Å². The van der Waals surface area contributed by atoms with Gasteiger partial charge in [-0.2, -0.15) is 0 Å². The molecule has 0 saturated heterocycles. The molecule has 9 heteroatoms. The highest BCUT2D eigenvalue weighted by Crippen LogP contribution is 2.43. The van der Waals surface area contributed by atoms with Crippen molar-refractivity contribution in [3.63, 3.8) is 0 Å². The molecule has 0 saturated carbocycles. The minimum absolute atomic E-state index is 0.0846. The number of carbonyl (C=O) groups is 1. The van der Waals surface area contributed by atoms with Gasteiger partial charge in [0, 0.05) is 13.0 Å². The first kappa shape index (κ1) is 53.5. The predicted octanol–water partition coefficient (Wildman–Crippen LogP) is 12.9. The molecular weight excluding hydrogens is 707 g/mol. The van der Waals surface area contributed by atoms with Gasteiger partial charge in [-0.05, 0) is 51.4 Å². The Labute approximate surface area is 339 Å². The monoisotopic (exact) mass is 795 g/mol. The van der Waals surface area contributed by atoms with Crippen LogP contribution in [0, 0.1) is 0 Å². The molecule has 0 aliphatic heterocycles. The van der Waals surface area contributed by atoms with Gasteiger partial charge >= 0.3 is 7.82 Å².